The Morgan fingerprint density at radius 2 is 2.45 bits per heavy atom. The average molecular weight is 274 g/mol. The maximum Gasteiger partial charge on any atom is 0.257 e. The van der Waals surface area contributed by atoms with Crippen LogP contribution in [0, 0.1) is 12.8 Å². The quantitative estimate of drug-likeness (QED) is 0.893. The lowest BCUT2D eigenvalue weighted by molar-refractivity contribution is 0.0678. The molecule has 2 aromatic heterocycles. The Labute approximate surface area is 116 Å². The summed E-state index contributed by atoms with van der Waals surface area (Å²) in [7, 11) is 0. The van der Waals surface area contributed by atoms with Crippen LogP contribution in [0.15, 0.2) is 16.8 Å². The molecule has 2 aromatic rings. The molecule has 1 amide bonds. The number of carbonyl (C=O) groups is 1. The lowest BCUT2D eigenvalue weighted by Gasteiger charge is -2.32. The molecule has 1 saturated heterocycles. The summed E-state index contributed by atoms with van der Waals surface area (Å²) in [6.45, 7) is 3.99. The smallest absolute Gasteiger partial charge is 0.257 e. The molecule has 3 rings (SSSR count). The van der Waals surface area contributed by atoms with Gasteiger partial charge in [0, 0.05) is 19.3 Å². The maximum atomic E-state index is 12.5. The van der Waals surface area contributed by atoms with Gasteiger partial charge >= 0.3 is 0 Å². The third-order valence-corrected chi connectivity index (χ3v) is 3.90. The summed E-state index contributed by atoms with van der Waals surface area (Å²) in [5.74, 6) is 0.417. The monoisotopic (exact) mass is 274 g/mol. The van der Waals surface area contributed by atoms with Gasteiger partial charge in [-0.2, -0.15) is 0 Å². The van der Waals surface area contributed by atoms with E-state index in [1.165, 1.54) is 0 Å². The van der Waals surface area contributed by atoms with Crippen LogP contribution in [0.1, 0.15) is 28.9 Å². The highest BCUT2D eigenvalue weighted by molar-refractivity contribution is 5.97. The summed E-state index contributed by atoms with van der Waals surface area (Å²) < 4.78 is 5.06. The average Bonchev–Trinajstić information content (AvgIpc) is 2.87. The van der Waals surface area contributed by atoms with Crippen LogP contribution >= 0.6 is 0 Å². The van der Waals surface area contributed by atoms with Crippen LogP contribution in [0.4, 0.5) is 0 Å². The summed E-state index contributed by atoms with van der Waals surface area (Å²) >= 11 is 0. The van der Waals surface area contributed by atoms with E-state index in [9.17, 15) is 4.79 Å². The van der Waals surface area contributed by atoms with Crippen molar-refractivity contribution < 1.29 is 9.32 Å². The number of likely N-dealkylation sites (tertiary alicyclic amines) is 1. The van der Waals surface area contributed by atoms with Crippen LogP contribution in [-0.2, 0) is 0 Å². The number of rotatable bonds is 2. The first-order chi connectivity index (χ1) is 9.69. The molecule has 0 aromatic carbocycles. The summed E-state index contributed by atoms with van der Waals surface area (Å²) in [6, 6.07) is 1.81. The molecule has 1 aliphatic rings. The van der Waals surface area contributed by atoms with Crippen molar-refractivity contribution >= 4 is 17.0 Å². The molecule has 1 atom stereocenters. The molecule has 0 radical (unpaired) electrons. The summed E-state index contributed by atoms with van der Waals surface area (Å²) in [5.41, 5.74) is 7.52. The van der Waals surface area contributed by atoms with E-state index in [2.05, 4.69) is 10.1 Å². The highest BCUT2D eigenvalue weighted by Gasteiger charge is 2.24. The third kappa shape index (κ3) is 2.27. The summed E-state index contributed by atoms with van der Waals surface area (Å²) in [5, 5.41) is 4.65. The van der Waals surface area contributed by atoms with Gasteiger partial charge in [0.05, 0.1) is 16.6 Å². The van der Waals surface area contributed by atoms with E-state index in [1.807, 2.05) is 17.9 Å². The van der Waals surface area contributed by atoms with Crippen LogP contribution in [0.25, 0.3) is 11.1 Å². The second-order valence-corrected chi connectivity index (χ2v) is 5.34. The zero-order valence-corrected chi connectivity index (χ0v) is 11.5. The Bertz CT molecular complexity index is 637. The standard InChI is InChI=1S/C14H18N4O2/c1-9-12-5-11(7-16-13(12)20-17-9)14(19)18-4-2-3-10(6-15)8-18/h5,7,10H,2-4,6,8,15H2,1H3. The van der Waals surface area contributed by atoms with E-state index >= 15 is 0 Å². The molecule has 6 heteroatoms. The molecule has 1 fully saturated rings. The molecule has 6 nitrogen and oxygen atoms in total. The SMILES string of the molecule is Cc1noc2ncc(C(=O)N3CCCC(CN)C3)cc12. The van der Waals surface area contributed by atoms with Gasteiger partial charge in [-0.25, -0.2) is 4.98 Å². The third-order valence-electron chi connectivity index (χ3n) is 3.90. The fourth-order valence-electron chi connectivity index (χ4n) is 2.69. The van der Waals surface area contributed by atoms with E-state index in [0.717, 1.165) is 37.0 Å². The van der Waals surface area contributed by atoms with E-state index in [0.29, 0.717) is 23.7 Å². The van der Waals surface area contributed by atoms with Crippen LogP contribution < -0.4 is 5.73 Å². The number of fused-ring (bicyclic) bond motifs is 1. The Kier molecular flexibility index (Phi) is 3.40. The van der Waals surface area contributed by atoms with Gasteiger partial charge in [-0.15, -0.1) is 0 Å². The van der Waals surface area contributed by atoms with Crippen molar-refractivity contribution in [3.8, 4) is 0 Å². The number of hydrogen-bond acceptors (Lipinski definition) is 5. The minimum Gasteiger partial charge on any atom is -0.338 e. The molecule has 3 heterocycles. The van der Waals surface area contributed by atoms with Crippen molar-refractivity contribution in [1.82, 2.24) is 15.0 Å². The molecular formula is C14H18N4O2. The van der Waals surface area contributed by atoms with E-state index < -0.39 is 0 Å². The second kappa shape index (κ2) is 5.20. The zero-order chi connectivity index (χ0) is 14.1. The predicted molar refractivity (Wildman–Crippen MR) is 74.2 cm³/mol. The molecule has 0 saturated carbocycles. The van der Waals surface area contributed by atoms with Gasteiger partial charge < -0.3 is 15.2 Å². The molecule has 1 unspecified atom stereocenters. The fraction of sp³-hybridized carbons (Fsp3) is 0.500. The van der Waals surface area contributed by atoms with Gasteiger partial charge in [-0.05, 0) is 38.3 Å². The Morgan fingerprint density at radius 3 is 3.25 bits per heavy atom. The van der Waals surface area contributed by atoms with Crippen molar-refractivity contribution in [2.24, 2.45) is 11.7 Å². The maximum absolute atomic E-state index is 12.5. The lowest BCUT2D eigenvalue weighted by atomic mass is 9.98. The predicted octanol–water partition coefficient (Wildman–Crippen LogP) is 1.34. The first-order valence-electron chi connectivity index (χ1n) is 6.90. The number of hydrogen-bond donors (Lipinski definition) is 1. The minimum absolute atomic E-state index is 0.0122. The first-order valence-corrected chi connectivity index (χ1v) is 6.90. The highest BCUT2D eigenvalue weighted by Crippen LogP contribution is 2.21. The molecular weight excluding hydrogens is 256 g/mol. The molecule has 1 aliphatic heterocycles. The van der Waals surface area contributed by atoms with Crippen molar-refractivity contribution in [2.45, 2.75) is 19.8 Å². The topological polar surface area (TPSA) is 85.2 Å². The van der Waals surface area contributed by atoms with Crippen molar-refractivity contribution in [1.29, 1.82) is 0 Å². The lowest BCUT2D eigenvalue weighted by Crippen LogP contribution is -2.42. The van der Waals surface area contributed by atoms with Gasteiger partial charge in [0.15, 0.2) is 0 Å². The second-order valence-electron chi connectivity index (χ2n) is 5.34. The van der Waals surface area contributed by atoms with Crippen molar-refractivity contribution in [3.63, 3.8) is 0 Å². The van der Waals surface area contributed by atoms with Crippen LogP contribution in [0.2, 0.25) is 0 Å². The summed E-state index contributed by atoms with van der Waals surface area (Å²) in [4.78, 5) is 18.6. The van der Waals surface area contributed by atoms with Crippen LogP contribution in [0.5, 0.6) is 0 Å². The Morgan fingerprint density at radius 1 is 1.60 bits per heavy atom. The molecule has 2 N–H and O–H groups in total. The van der Waals surface area contributed by atoms with Gasteiger partial charge in [0.1, 0.15) is 0 Å². The number of aryl methyl sites for hydroxylation is 1. The normalized spacial score (nSPS) is 19.5. The largest absolute Gasteiger partial charge is 0.338 e. The molecule has 106 valence electrons. The number of nitrogens with two attached hydrogens (primary N) is 1. The van der Waals surface area contributed by atoms with Gasteiger partial charge in [-0.3, -0.25) is 4.79 Å². The van der Waals surface area contributed by atoms with Crippen molar-refractivity contribution in [3.05, 3.63) is 23.5 Å². The number of piperidine rings is 1. The summed E-state index contributed by atoms with van der Waals surface area (Å²) in [6.07, 6.45) is 3.67. The van der Waals surface area contributed by atoms with Gasteiger partial charge in [0.25, 0.3) is 11.6 Å². The van der Waals surface area contributed by atoms with Gasteiger partial charge in [0.2, 0.25) is 0 Å². The van der Waals surface area contributed by atoms with Crippen molar-refractivity contribution in [2.75, 3.05) is 19.6 Å². The van der Waals surface area contributed by atoms with Crippen LogP contribution in [-0.4, -0.2) is 40.6 Å². The van der Waals surface area contributed by atoms with E-state index in [4.69, 9.17) is 10.3 Å². The Hall–Kier alpha value is -1.95. The molecule has 0 aliphatic carbocycles. The first kappa shape index (κ1) is 13.1. The zero-order valence-electron chi connectivity index (χ0n) is 11.5. The fourth-order valence-corrected chi connectivity index (χ4v) is 2.69. The van der Waals surface area contributed by atoms with E-state index in [1.54, 1.807) is 6.20 Å². The minimum atomic E-state index is 0.0122. The Balaban J connectivity index is 1.86. The molecule has 0 spiro atoms. The molecule has 20 heavy (non-hydrogen) atoms. The number of aromatic nitrogens is 2. The molecule has 0 bridgehead atoms. The number of nitrogens with zero attached hydrogens (tertiary/aromatic N) is 3. The number of pyridine rings is 1. The number of carbonyl (C=O) groups excluding carboxylic acids is 1. The highest BCUT2D eigenvalue weighted by atomic mass is 16.5. The number of amides is 1. The van der Waals surface area contributed by atoms with Gasteiger partial charge in [-0.1, -0.05) is 5.16 Å². The van der Waals surface area contributed by atoms with E-state index in [-0.39, 0.29) is 5.91 Å². The van der Waals surface area contributed by atoms with Crippen LogP contribution in [0.3, 0.4) is 0 Å².